The molecule has 0 aliphatic heterocycles. The molecule has 0 aliphatic carbocycles. The summed E-state index contributed by atoms with van der Waals surface area (Å²) in [6.45, 7) is 1.49. The van der Waals surface area contributed by atoms with Gasteiger partial charge in [0.25, 0.3) is 0 Å². The molecule has 1 unspecified atom stereocenters. The molecule has 1 aromatic carbocycles. The Morgan fingerprint density at radius 2 is 2.00 bits per heavy atom. The van der Waals surface area contributed by atoms with Crippen LogP contribution in [0.1, 0.15) is 6.92 Å². The second kappa shape index (κ2) is 6.96. The summed E-state index contributed by atoms with van der Waals surface area (Å²) in [5.74, 6) is -0.761. The smallest absolute Gasteiger partial charge is 0.310 e. The van der Waals surface area contributed by atoms with Crippen LogP contribution < -0.4 is 4.74 Å². The highest BCUT2D eigenvalue weighted by atomic mass is 32.2. The molecule has 0 radical (unpaired) electrons. The van der Waals surface area contributed by atoms with Crippen LogP contribution in [0.4, 0.5) is 0 Å². The van der Waals surface area contributed by atoms with E-state index in [4.69, 9.17) is 9.84 Å². The van der Waals surface area contributed by atoms with E-state index in [1.54, 1.807) is 12.1 Å². The minimum absolute atomic E-state index is 0.0691. The highest BCUT2D eigenvalue weighted by Gasteiger charge is 2.19. The van der Waals surface area contributed by atoms with Gasteiger partial charge in [-0.2, -0.15) is 0 Å². The third-order valence-electron chi connectivity index (χ3n) is 2.03. The molecule has 0 amide bonds. The number of benzene rings is 1. The van der Waals surface area contributed by atoms with Crippen molar-refractivity contribution in [3.63, 3.8) is 0 Å². The van der Waals surface area contributed by atoms with Crippen LogP contribution in [0.25, 0.3) is 0 Å². The van der Waals surface area contributed by atoms with E-state index in [2.05, 4.69) is 0 Å². The van der Waals surface area contributed by atoms with Gasteiger partial charge in [-0.1, -0.05) is 30.0 Å². The van der Waals surface area contributed by atoms with Crippen molar-refractivity contribution in [3.8, 4) is 5.75 Å². The molecule has 1 N–H and O–H groups in total. The lowest BCUT2D eigenvalue weighted by Gasteiger charge is -2.12. The van der Waals surface area contributed by atoms with Gasteiger partial charge in [-0.3, -0.25) is 9.59 Å². The number of hydrogen-bond donors (Lipinski definition) is 1. The van der Waals surface area contributed by atoms with Crippen LogP contribution in [0.15, 0.2) is 30.3 Å². The molecular formula is C12H14O4S. The standard InChI is InChI=1S/C12H14O4S/c1-9(13)17-8-10(12(14)15)7-16-11-5-3-2-4-6-11/h2-6,10H,7-8H2,1H3,(H,14,15). The quantitative estimate of drug-likeness (QED) is 0.841. The molecule has 17 heavy (non-hydrogen) atoms. The molecule has 0 saturated heterocycles. The number of carboxylic acids is 1. The lowest BCUT2D eigenvalue weighted by molar-refractivity contribution is -0.141. The fourth-order valence-electron chi connectivity index (χ4n) is 1.12. The van der Waals surface area contributed by atoms with Gasteiger partial charge in [-0.05, 0) is 12.1 Å². The number of carbonyl (C=O) groups is 2. The number of para-hydroxylation sites is 1. The van der Waals surface area contributed by atoms with Gasteiger partial charge in [0, 0.05) is 12.7 Å². The van der Waals surface area contributed by atoms with Crippen molar-refractivity contribution >= 4 is 22.8 Å². The summed E-state index contributed by atoms with van der Waals surface area (Å²) < 4.78 is 5.36. The van der Waals surface area contributed by atoms with E-state index in [1.807, 2.05) is 18.2 Å². The number of thioether (sulfide) groups is 1. The first-order chi connectivity index (χ1) is 8.09. The summed E-state index contributed by atoms with van der Waals surface area (Å²) in [4.78, 5) is 21.7. The summed E-state index contributed by atoms with van der Waals surface area (Å²) in [5, 5.41) is 8.87. The van der Waals surface area contributed by atoms with Gasteiger partial charge in [0.15, 0.2) is 5.12 Å². The SMILES string of the molecule is CC(=O)SCC(COc1ccccc1)C(=O)O. The van der Waals surface area contributed by atoms with E-state index in [0.29, 0.717) is 5.75 Å². The van der Waals surface area contributed by atoms with Crippen molar-refractivity contribution in [2.45, 2.75) is 6.92 Å². The topological polar surface area (TPSA) is 63.6 Å². The van der Waals surface area contributed by atoms with Gasteiger partial charge in [-0.25, -0.2) is 0 Å². The fraction of sp³-hybridized carbons (Fsp3) is 0.333. The Morgan fingerprint density at radius 1 is 1.35 bits per heavy atom. The zero-order valence-corrected chi connectivity index (χ0v) is 10.3. The third-order valence-corrected chi connectivity index (χ3v) is 3.01. The molecule has 0 aromatic heterocycles. The van der Waals surface area contributed by atoms with Gasteiger partial charge in [0.1, 0.15) is 18.3 Å². The molecule has 4 nitrogen and oxygen atoms in total. The minimum Gasteiger partial charge on any atom is -0.493 e. The number of carboxylic acid groups (broad SMARTS) is 1. The Hall–Kier alpha value is -1.49. The van der Waals surface area contributed by atoms with Crippen molar-refractivity contribution in [1.29, 1.82) is 0 Å². The normalized spacial score (nSPS) is 11.8. The maximum Gasteiger partial charge on any atom is 0.310 e. The van der Waals surface area contributed by atoms with Gasteiger partial charge in [0.05, 0.1) is 0 Å². The Balaban J connectivity index is 2.45. The summed E-state index contributed by atoms with van der Waals surface area (Å²) in [7, 11) is 0. The predicted octanol–water partition coefficient (Wildman–Crippen LogP) is 2.05. The Kier molecular flexibility index (Phi) is 5.56. The monoisotopic (exact) mass is 254 g/mol. The van der Waals surface area contributed by atoms with E-state index in [9.17, 15) is 9.59 Å². The molecule has 0 aliphatic rings. The maximum absolute atomic E-state index is 10.9. The van der Waals surface area contributed by atoms with Gasteiger partial charge in [0.2, 0.25) is 0 Å². The van der Waals surface area contributed by atoms with Crippen LogP contribution in [-0.2, 0) is 9.59 Å². The Labute approximate surface area is 104 Å². The summed E-state index contributed by atoms with van der Waals surface area (Å²) >= 11 is 1.00. The van der Waals surface area contributed by atoms with Crippen LogP contribution in [0.5, 0.6) is 5.75 Å². The van der Waals surface area contributed by atoms with E-state index in [-0.39, 0.29) is 17.5 Å². The lowest BCUT2D eigenvalue weighted by Crippen LogP contribution is -2.24. The average Bonchev–Trinajstić information content (AvgIpc) is 2.29. The molecule has 0 fully saturated rings. The zero-order valence-electron chi connectivity index (χ0n) is 9.46. The van der Waals surface area contributed by atoms with Crippen molar-refractivity contribution < 1.29 is 19.4 Å². The molecule has 1 aromatic rings. The number of carbonyl (C=O) groups excluding carboxylic acids is 1. The molecule has 0 saturated carbocycles. The highest BCUT2D eigenvalue weighted by molar-refractivity contribution is 8.13. The van der Waals surface area contributed by atoms with Gasteiger partial charge < -0.3 is 9.84 Å². The Morgan fingerprint density at radius 3 is 2.53 bits per heavy atom. The molecular weight excluding hydrogens is 240 g/mol. The second-order valence-electron chi connectivity index (χ2n) is 3.46. The van der Waals surface area contributed by atoms with Crippen LogP contribution in [0, 0.1) is 5.92 Å². The Bertz CT molecular complexity index is 377. The molecule has 0 bridgehead atoms. The molecule has 92 valence electrons. The van der Waals surface area contributed by atoms with Crippen LogP contribution >= 0.6 is 11.8 Å². The number of rotatable bonds is 6. The van der Waals surface area contributed by atoms with Crippen LogP contribution in [-0.4, -0.2) is 28.6 Å². The van der Waals surface area contributed by atoms with Gasteiger partial charge >= 0.3 is 5.97 Å². The zero-order chi connectivity index (χ0) is 12.7. The number of ether oxygens (including phenoxy) is 1. The first kappa shape index (κ1) is 13.6. The van der Waals surface area contributed by atoms with E-state index < -0.39 is 11.9 Å². The fourth-order valence-corrected chi connectivity index (χ4v) is 1.80. The minimum atomic E-state index is -0.949. The molecule has 0 spiro atoms. The largest absolute Gasteiger partial charge is 0.493 e. The van der Waals surface area contributed by atoms with E-state index in [1.165, 1.54) is 6.92 Å². The van der Waals surface area contributed by atoms with Crippen LogP contribution in [0.2, 0.25) is 0 Å². The van der Waals surface area contributed by atoms with E-state index in [0.717, 1.165) is 11.8 Å². The first-order valence-electron chi connectivity index (χ1n) is 5.13. The van der Waals surface area contributed by atoms with E-state index >= 15 is 0 Å². The summed E-state index contributed by atoms with van der Waals surface area (Å²) in [6, 6.07) is 9.01. The maximum atomic E-state index is 10.9. The molecule has 0 heterocycles. The van der Waals surface area contributed by atoms with Crippen molar-refractivity contribution in [2.75, 3.05) is 12.4 Å². The van der Waals surface area contributed by atoms with Crippen molar-refractivity contribution in [2.24, 2.45) is 5.92 Å². The lowest BCUT2D eigenvalue weighted by atomic mass is 10.2. The van der Waals surface area contributed by atoms with Crippen molar-refractivity contribution in [3.05, 3.63) is 30.3 Å². The molecule has 1 rings (SSSR count). The van der Waals surface area contributed by atoms with Crippen molar-refractivity contribution in [1.82, 2.24) is 0 Å². The highest BCUT2D eigenvalue weighted by Crippen LogP contribution is 2.14. The molecule has 1 atom stereocenters. The second-order valence-corrected chi connectivity index (χ2v) is 4.66. The summed E-state index contributed by atoms with van der Waals surface area (Å²) in [5.41, 5.74) is 0. The average molecular weight is 254 g/mol. The van der Waals surface area contributed by atoms with Crippen LogP contribution in [0.3, 0.4) is 0 Å². The number of aliphatic carboxylic acids is 1. The predicted molar refractivity (Wildman–Crippen MR) is 66.2 cm³/mol. The summed E-state index contributed by atoms with van der Waals surface area (Å²) in [6.07, 6.45) is 0. The molecule has 5 heteroatoms. The number of hydrogen-bond acceptors (Lipinski definition) is 4. The third kappa shape index (κ3) is 5.40. The van der Waals surface area contributed by atoms with Gasteiger partial charge in [-0.15, -0.1) is 0 Å². The first-order valence-corrected chi connectivity index (χ1v) is 6.12.